The van der Waals surface area contributed by atoms with Gasteiger partial charge in [0.15, 0.2) is 0 Å². The maximum absolute atomic E-state index is 9.31. The van der Waals surface area contributed by atoms with Crippen LogP contribution in [0, 0.1) is 5.92 Å². The number of benzene rings is 1. The molecule has 1 fully saturated rings. The Bertz CT molecular complexity index is 746. The van der Waals surface area contributed by atoms with Crippen LogP contribution < -0.4 is 10.7 Å². The van der Waals surface area contributed by atoms with Crippen molar-refractivity contribution in [1.29, 1.82) is 0 Å². The summed E-state index contributed by atoms with van der Waals surface area (Å²) < 4.78 is 12.8. The highest BCUT2D eigenvalue weighted by Gasteiger charge is 2.42. The van der Waals surface area contributed by atoms with Crippen LogP contribution in [0.3, 0.4) is 0 Å². The molecule has 0 aliphatic carbocycles. The number of piperidine rings is 1. The number of nitrogens with one attached hydrogen (secondary N) is 1. The molecule has 0 spiro atoms. The fourth-order valence-corrected chi connectivity index (χ4v) is 5.45. The maximum atomic E-state index is 9.31. The van der Waals surface area contributed by atoms with Crippen molar-refractivity contribution in [1.82, 2.24) is 5.32 Å². The number of para-hydroxylation sites is 1. The number of rotatable bonds is 8. The van der Waals surface area contributed by atoms with E-state index in [4.69, 9.17) is 9.15 Å². The minimum absolute atomic E-state index is 0.230. The van der Waals surface area contributed by atoms with Gasteiger partial charge in [0.05, 0.1) is 5.38 Å². The van der Waals surface area contributed by atoms with Crippen molar-refractivity contribution < 1.29 is 14.3 Å². The third kappa shape index (κ3) is 4.16. The van der Waals surface area contributed by atoms with E-state index in [1.807, 2.05) is 7.11 Å². The van der Waals surface area contributed by atoms with Gasteiger partial charge in [0.1, 0.15) is 19.3 Å². The summed E-state index contributed by atoms with van der Waals surface area (Å²) in [7, 11) is 0.310. The largest absolute Gasteiger partial charge is 0.466 e. The quantitative estimate of drug-likeness (QED) is 0.530. The van der Waals surface area contributed by atoms with Gasteiger partial charge in [-0.2, -0.15) is 0 Å². The monoisotopic (exact) mass is 389 g/mol. The van der Waals surface area contributed by atoms with Gasteiger partial charge in [-0.25, -0.2) is 0 Å². The zero-order valence-electron chi connectivity index (χ0n) is 17.3. The van der Waals surface area contributed by atoms with Crippen molar-refractivity contribution in [3.05, 3.63) is 29.8 Å². The van der Waals surface area contributed by atoms with Crippen molar-refractivity contribution in [2.24, 2.45) is 5.92 Å². The van der Waals surface area contributed by atoms with Gasteiger partial charge in [-0.3, -0.25) is 0 Å². The number of methoxy groups -OCH3 is 1. The lowest BCUT2D eigenvalue weighted by Crippen LogP contribution is -2.45. The van der Waals surface area contributed by atoms with Gasteiger partial charge in [0, 0.05) is 37.1 Å². The lowest BCUT2D eigenvalue weighted by Gasteiger charge is -2.42. The first-order valence-electron chi connectivity index (χ1n) is 10.3. The normalized spacial score (nSPS) is 20.7. The SMILES string of the molecule is CO[C@](CCCCO)(c1cccc2cc([Si](C)(C)C)oc12)[C@@H]1CCCNC1. The molecule has 0 radical (unpaired) electrons. The fourth-order valence-electron chi connectivity index (χ4n) is 4.45. The molecular formula is C22H35NO3Si. The first-order chi connectivity index (χ1) is 12.9. The van der Waals surface area contributed by atoms with E-state index in [0.717, 1.165) is 49.7 Å². The molecule has 0 saturated carbocycles. The van der Waals surface area contributed by atoms with E-state index in [9.17, 15) is 5.11 Å². The Balaban J connectivity index is 2.11. The first-order valence-corrected chi connectivity index (χ1v) is 13.8. The van der Waals surface area contributed by atoms with E-state index in [1.165, 1.54) is 17.4 Å². The Morgan fingerprint density at radius 2 is 2.11 bits per heavy atom. The lowest BCUT2D eigenvalue weighted by molar-refractivity contribution is -0.0792. The first kappa shape index (κ1) is 20.6. The topological polar surface area (TPSA) is 54.6 Å². The van der Waals surface area contributed by atoms with E-state index in [-0.39, 0.29) is 12.2 Å². The zero-order valence-corrected chi connectivity index (χ0v) is 18.3. The van der Waals surface area contributed by atoms with Gasteiger partial charge >= 0.3 is 0 Å². The van der Waals surface area contributed by atoms with Gasteiger partial charge in [-0.1, -0.05) is 37.8 Å². The molecule has 5 heteroatoms. The Labute approximate surface area is 164 Å². The Morgan fingerprint density at radius 1 is 1.30 bits per heavy atom. The van der Waals surface area contributed by atoms with E-state index < -0.39 is 8.07 Å². The molecule has 2 atom stereocenters. The van der Waals surface area contributed by atoms with Gasteiger partial charge in [0.25, 0.3) is 0 Å². The van der Waals surface area contributed by atoms with E-state index in [1.54, 1.807) is 0 Å². The molecule has 1 aromatic carbocycles. The number of aliphatic hydroxyl groups excluding tert-OH is 1. The molecule has 3 rings (SSSR count). The number of fused-ring (bicyclic) bond motifs is 1. The molecule has 2 heterocycles. The zero-order chi connectivity index (χ0) is 19.5. The van der Waals surface area contributed by atoms with Gasteiger partial charge in [-0.15, -0.1) is 0 Å². The molecule has 150 valence electrons. The number of aliphatic hydroxyl groups is 1. The summed E-state index contributed by atoms with van der Waals surface area (Å²) in [5, 5.41) is 15.2. The molecule has 2 N–H and O–H groups in total. The number of hydrogen-bond donors (Lipinski definition) is 2. The highest BCUT2D eigenvalue weighted by molar-refractivity contribution is 6.87. The fraction of sp³-hybridized carbons (Fsp3) is 0.636. The molecule has 1 saturated heterocycles. The maximum Gasteiger partial charge on any atom is 0.139 e. The van der Waals surface area contributed by atoms with Crippen LogP contribution in [-0.2, 0) is 10.3 Å². The number of hydrogen-bond acceptors (Lipinski definition) is 4. The van der Waals surface area contributed by atoms with Gasteiger partial charge in [-0.05, 0) is 44.7 Å². The summed E-state index contributed by atoms with van der Waals surface area (Å²) in [6.07, 6.45) is 4.97. The summed E-state index contributed by atoms with van der Waals surface area (Å²) >= 11 is 0. The highest BCUT2D eigenvalue weighted by atomic mass is 28.3. The van der Waals surface area contributed by atoms with E-state index in [2.05, 4.69) is 49.2 Å². The van der Waals surface area contributed by atoms with Gasteiger partial charge < -0.3 is 19.6 Å². The van der Waals surface area contributed by atoms with Crippen molar-refractivity contribution in [3.63, 3.8) is 0 Å². The average Bonchev–Trinajstić information content (AvgIpc) is 3.11. The Hall–Kier alpha value is -1.14. The minimum Gasteiger partial charge on any atom is -0.466 e. The minimum atomic E-state index is -1.53. The molecule has 1 aliphatic rings. The van der Waals surface area contributed by atoms with Crippen LogP contribution in [0.25, 0.3) is 11.0 Å². The van der Waals surface area contributed by atoms with Crippen molar-refractivity contribution in [2.75, 3.05) is 26.8 Å². The van der Waals surface area contributed by atoms with E-state index >= 15 is 0 Å². The molecule has 27 heavy (non-hydrogen) atoms. The van der Waals surface area contributed by atoms with Crippen LogP contribution in [0.4, 0.5) is 0 Å². The summed E-state index contributed by atoms with van der Waals surface area (Å²) in [6.45, 7) is 9.23. The Kier molecular flexibility index (Phi) is 6.46. The second kappa shape index (κ2) is 8.48. The molecule has 1 aliphatic heterocycles. The third-order valence-electron chi connectivity index (χ3n) is 6.02. The summed E-state index contributed by atoms with van der Waals surface area (Å²) in [6, 6.07) is 8.71. The predicted molar refractivity (Wildman–Crippen MR) is 114 cm³/mol. The number of furan rings is 1. The van der Waals surface area contributed by atoms with Crippen molar-refractivity contribution in [2.45, 2.75) is 57.3 Å². The highest BCUT2D eigenvalue weighted by Crippen LogP contribution is 2.44. The summed E-state index contributed by atoms with van der Waals surface area (Å²) in [4.78, 5) is 0. The molecule has 4 nitrogen and oxygen atoms in total. The predicted octanol–water partition coefficient (Wildman–Crippen LogP) is 3.98. The van der Waals surface area contributed by atoms with Crippen LogP contribution in [0.2, 0.25) is 19.6 Å². The molecular weight excluding hydrogens is 354 g/mol. The molecule has 1 aromatic heterocycles. The standard InChI is InChI=1S/C22H35NO3Si/c1-25-22(12-5-6-14-24,18-10-8-13-23-16-18)19-11-7-9-17-15-20(26-21(17)19)27(2,3)4/h7,9,11,15,18,23-24H,5-6,8,10,12-14,16H2,1-4H3/t18-,22+/m1/s1. The average molecular weight is 390 g/mol. The van der Waals surface area contributed by atoms with Crippen LogP contribution in [0.1, 0.15) is 37.7 Å². The van der Waals surface area contributed by atoms with Crippen LogP contribution in [0.15, 0.2) is 28.7 Å². The van der Waals surface area contributed by atoms with E-state index in [0.29, 0.717) is 5.92 Å². The third-order valence-corrected chi connectivity index (χ3v) is 7.74. The smallest absolute Gasteiger partial charge is 0.139 e. The molecule has 0 unspecified atom stereocenters. The van der Waals surface area contributed by atoms with Crippen molar-refractivity contribution in [3.8, 4) is 0 Å². The molecule has 0 amide bonds. The Morgan fingerprint density at radius 3 is 2.74 bits per heavy atom. The van der Waals surface area contributed by atoms with Crippen LogP contribution >= 0.6 is 0 Å². The second-order valence-corrected chi connectivity index (χ2v) is 13.9. The number of unbranched alkanes of at least 4 members (excludes halogenated alkanes) is 1. The molecule has 2 aromatic rings. The summed E-state index contributed by atoms with van der Waals surface area (Å²) in [5.74, 6) is 0.404. The second-order valence-electron chi connectivity index (χ2n) is 8.90. The lowest BCUT2D eigenvalue weighted by atomic mass is 9.74. The van der Waals surface area contributed by atoms with Crippen molar-refractivity contribution >= 4 is 24.4 Å². The van der Waals surface area contributed by atoms with Gasteiger partial charge in [0.2, 0.25) is 0 Å². The van der Waals surface area contributed by atoms with Crippen LogP contribution in [0.5, 0.6) is 0 Å². The summed E-state index contributed by atoms with van der Waals surface area (Å²) in [5.41, 5.74) is 1.79. The molecule has 0 bridgehead atoms. The number of ether oxygens (including phenoxy) is 1. The van der Waals surface area contributed by atoms with Crippen LogP contribution in [-0.4, -0.2) is 40.0 Å².